The molecule has 2 rings (SSSR count). The van der Waals surface area contributed by atoms with Crippen molar-refractivity contribution in [1.82, 2.24) is 10.3 Å². The number of allylic oxidation sites excluding steroid dienone is 1. The van der Waals surface area contributed by atoms with E-state index in [1.165, 1.54) is 0 Å². The summed E-state index contributed by atoms with van der Waals surface area (Å²) in [5.74, 6) is 0.359. The highest BCUT2D eigenvalue weighted by Gasteiger charge is 2.17. The van der Waals surface area contributed by atoms with Crippen LogP contribution in [0.5, 0.6) is 0 Å². The minimum absolute atomic E-state index is 0.00288. The Morgan fingerprint density at radius 3 is 2.71 bits per heavy atom. The molecule has 2 heterocycles. The Bertz CT molecular complexity index is 565. The van der Waals surface area contributed by atoms with E-state index < -0.39 is 0 Å². The van der Waals surface area contributed by atoms with E-state index in [9.17, 15) is 4.79 Å². The predicted octanol–water partition coefficient (Wildman–Crippen LogP) is 0.219. The molecule has 1 aliphatic rings. The first-order valence-corrected chi connectivity index (χ1v) is 5.98. The first-order chi connectivity index (χ1) is 8.22. The first kappa shape index (κ1) is 11.9. The molecular weight excluding hydrogens is 212 g/mol. The highest BCUT2D eigenvalue weighted by molar-refractivity contribution is 5.36. The molecule has 0 aromatic carbocycles. The number of rotatable bonds is 2. The molecule has 0 radical (unpaired) electrons. The van der Waals surface area contributed by atoms with E-state index in [2.05, 4.69) is 23.5 Å². The maximum Gasteiger partial charge on any atom is 0.251 e. The molecular formula is C14H18N2O. The Hall–Kier alpha value is -1.61. The molecule has 1 saturated heterocycles. The third-order valence-corrected chi connectivity index (χ3v) is 3.26. The fourth-order valence-corrected chi connectivity index (χ4v) is 2.31. The van der Waals surface area contributed by atoms with Gasteiger partial charge in [0.2, 0.25) is 0 Å². The van der Waals surface area contributed by atoms with Crippen LogP contribution >= 0.6 is 0 Å². The van der Waals surface area contributed by atoms with E-state index in [1.807, 2.05) is 12.1 Å². The van der Waals surface area contributed by atoms with Crippen LogP contribution in [0.4, 0.5) is 0 Å². The monoisotopic (exact) mass is 230 g/mol. The van der Waals surface area contributed by atoms with Crippen LogP contribution in [0.25, 0.3) is 12.7 Å². The van der Waals surface area contributed by atoms with Gasteiger partial charge in [0, 0.05) is 10.9 Å². The summed E-state index contributed by atoms with van der Waals surface area (Å²) in [6, 6.07) is 1.96. The van der Waals surface area contributed by atoms with Gasteiger partial charge in [0.15, 0.2) is 0 Å². The van der Waals surface area contributed by atoms with Crippen molar-refractivity contribution in [2.24, 2.45) is 0 Å². The van der Waals surface area contributed by atoms with E-state index in [-0.39, 0.29) is 5.56 Å². The second-order valence-electron chi connectivity index (χ2n) is 4.41. The van der Waals surface area contributed by atoms with Crippen LogP contribution in [-0.2, 0) is 0 Å². The number of hydrogen-bond acceptors (Lipinski definition) is 2. The molecule has 1 fully saturated rings. The van der Waals surface area contributed by atoms with Gasteiger partial charge < -0.3 is 10.3 Å². The minimum Gasteiger partial charge on any atom is -0.322 e. The molecule has 1 aromatic rings. The van der Waals surface area contributed by atoms with Crippen LogP contribution in [0.1, 0.15) is 24.3 Å². The van der Waals surface area contributed by atoms with Gasteiger partial charge in [-0.15, -0.1) is 0 Å². The fourth-order valence-electron chi connectivity index (χ4n) is 2.31. The molecule has 0 unspecified atom stereocenters. The average Bonchev–Trinajstić information content (AvgIpc) is 2.34. The van der Waals surface area contributed by atoms with Gasteiger partial charge in [-0.05, 0) is 43.1 Å². The van der Waals surface area contributed by atoms with E-state index in [4.69, 9.17) is 0 Å². The zero-order valence-corrected chi connectivity index (χ0v) is 9.96. The quantitative estimate of drug-likeness (QED) is 0.763. The lowest BCUT2D eigenvalue weighted by Gasteiger charge is -2.22. The van der Waals surface area contributed by atoms with Gasteiger partial charge in [0.05, 0.1) is 0 Å². The normalized spacial score (nSPS) is 18.2. The first-order valence-electron chi connectivity index (χ1n) is 5.98. The van der Waals surface area contributed by atoms with Crippen molar-refractivity contribution in [3.63, 3.8) is 0 Å². The van der Waals surface area contributed by atoms with Crippen molar-refractivity contribution in [2.75, 3.05) is 13.1 Å². The van der Waals surface area contributed by atoms with Crippen molar-refractivity contribution in [3.8, 4) is 0 Å². The Labute approximate surface area is 101 Å². The maximum absolute atomic E-state index is 11.9. The average molecular weight is 230 g/mol. The minimum atomic E-state index is 0.00288. The summed E-state index contributed by atoms with van der Waals surface area (Å²) < 4.78 is 0. The molecule has 0 atom stereocenters. The molecule has 0 aliphatic carbocycles. The summed E-state index contributed by atoms with van der Waals surface area (Å²) in [5.41, 5.74) is 0.884. The third kappa shape index (κ3) is 2.56. The summed E-state index contributed by atoms with van der Waals surface area (Å²) in [6.45, 7) is 9.48. The zero-order valence-electron chi connectivity index (χ0n) is 9.96. The van der Waals surface area contributed by atoms with Crippen LogP contribution in [0.2, 0.25) is 0 Å². The molecule has 0 saturated carbocycles. The zero-order chi connectivity index (χ0) is 12.3. The van der Waals surface area contributed by atoms with E-state index in [0.29, 0.717) is 11.3 Å². The van der Waals surface area contributed by atoms with Gasteiger partial charge in [0.1, 0.15) is 0 Å². The Kier molecular flexibility index (Phi) is 3.59. The SMILES string of the molecule is C=C/C=c1/cc(C2CCNCC2)c(=O)[nH]c1=C. The number of piperidine rings is 1. The van der Waals surface area contributed by atoms with Crippen molar-refractivity contribution in [2.45, 2.75) is 18.8 Å². The van der Waals surface area contributed by atoms with Crippen LogP contribution < -0.4 is 21.4 Å². The Balaban J connectivity index is 2.50. The summed E-state index contributed by atoms with van der Waals surface area (Å²) in [6.07, 6.45) is 5.64. The molecule has 3 heteroatoms. The number of pyridine rings is 1. The molecule has 0 bridgehead atoms. The fraction of sp³-hybridized carbons (Fsp3) is 0.357. The summed E-state index contributed by atoms with van der Waals surface area (Å²) in [4.78, 5) is 14.8. The number of nitrogens with one attached hydrogen (secondary N) is 2. The van der Waals surface area contributed by atoms with Gasteiger partial charge in [-0.25, -0.2) is 0 Å². The molecule has 17 heavy (non-hydrogen) atoms. The van der Waals surface area contributed by atoms with Gasteiger partial charge >= 0.3 is 0 Å². The highest BCUT2D eigenvalue weighted by Crippen LogP contribution is 2.20. The van der Waals surface area contributed by atoms with Crippen molar-refractivity contribution in [1.29, 1.82) is 0 Å². The number of hydrogen-bond donors (Lipinski definition) is 2. The Morgan fingerprint density at radius 1 is 1.35 bits per heavy atom. The molecule has 90 valence electrons. The van der Waals surface area contributed by atoms with Crippen molar-refractivity contribution in [3.05, 3.63) is 45.2 Å². The van der Waals surface area contributed by atoms with Crippen molar-refractivity contribution >= 4 is 12.7 Å². The standard InChI is InChI=1S/C14H18N2O/c1-3-4-12-9-13(14(17)16-10(12)2)11-5-7-15-8-6-11/h3-4,9,11,15H,1-2,5-8H2,(H,16,17)/b12-4-. The lowest BCUT2D eigenvalue weighted by molar-refractivity contribution is 0.457. The van der Waals surface area contributed by atoms with E-state index in [1.54, 1.807) is 6.08 Å². The second-order valence-corrected chi connectivity index (χ2v) is 4.41. The highest BCUT2D eigenvalue weighted by atomic mass is 16.1. The third-order valence-electron chi connectivity index (χ3n) is 3.26. The number of aromatic amines is 1. The smallest absolute Gasteiger partial charge is 0.251 e. The van der Waals surface area contributed by atoms with Gasteiger partial charge in [-0.3, -0.25) is 4.79 Å². The molecule has 2 N–H and O–H groups in total. The van der Waals surface area contributed by atoms with Gasteiger partial charge in [0.25, 0.3) is 5.56 Å². The summed E-state index contributed by atoms with van der Waals surface area (Å²) in [7, 11) is 0. The Morgan fingerprint density at radius 2 is 2.06 bits per heavy atom. The predicted molar refractivity (Wildman–Crippen MR) is 71.3 cm³/mol. The van der Waals surface area contributed by atoms with Crippen LogP contribution in [0, 0.1) is 0 Å². The van der Waals surface area contributed by atoms with E-state index >= 15 is 0 Å². The van der Waals surface area contributed by atoms with Crippen LogP contribution in [0.15, 0.2) is 23.5 Å². The lowest BCUT2D eigenvalue weighted by Crippen LogP contribution is -2.37. The molecule has 1 aliphatic heterocycles. The second kappa shape index (κ2) is 5.15. The largest absolute Gasteiger partial charge is 0.322 e. The van der Waals surface area contributed by atoms with E-state index in [0.717, 1.165) is 36.7 Å². The lowest BCUT2D eigenvalue weighted by atomic mass is 9.91. The molecule has 0 amide bonds. The van der Waals surface area contributed by atoms with Crippen molar-refractivity contribution < 1.29 is 0 Å². The van der Waals surface area contributed by atoms with Crippen LogP contribution in [-0.4, -0.2) is 18.1 Å². The van der Waals surface area contributed by atoms with Crippen LogP contribution in [0.3, 0.4) is 0 Å². The topological polar surface area (TPSA) is 44.9 Å². The molecule has 1 aromatic heterocycles. The molecule has 3 nitrogen and oxygen atoms in total. The maximum atomic E-state index is 11.9. The van der Waals surface area contributed by atoms with Gasteiger partial charge in [-0.1, -0.05) is 25.3 Å². The number of aromatic nitrogens is 1. The number of H-pyrrole nitrogens is 1. The summed E-state index contributed by atoms with van der Waals surface area (Å²) >= 11 is 0. The molecule has 0 spiro atoms. The van der Waals surface area contributed by atoms with Gasteiger partial charge in [-0.2, -0.15) is 0 Å². The summed E-state index contributed by atoms with van der Waals surface area (Å²) in [5, 5.41) is 4.92.